The van der Waals surface area contributed by atoms with Crippen LogP contribution in [0.3, 0.4) is 0 Å². The number of piperidine rings is 1. The smallest absolute Gasteiger partial charge is 0.372 e. The van der Waals surface area contributed by atoms with E-state index in [4.69, 9.17) is 0 Å². The maximum Gasteiger partial charge on any atom is 0.416 e. The number of rotatable bonds is 9. The molecular formula is C39H37F3N6O4. The molecule has 10 nitrogen and oxygen atoms in total. The van der Waals surface area contributed by atoms with Gasteiger partial charge in [0.1, 0.15) is 0 Å². The fourth-order valence-electron chi connectivity index (χ4n) is 6.26. The summed E-state index contributed by atoms with van der Waals surface area (Å²) in [5.41, 5.74) is 3.25. The van der Waals surface area contributed by atoms with E-state index >= 15 is 0 Å². The number of aromatic nitrogens is 1. The number of amides is 4. The van der Waals surface area contributed by atoms with Gasteiger partial charge in [-0.05, 0) is 85.5 Å². The Balaban J connectivity index is 1.24. The first-order valence-corrected chi connectivity index (χ1v) is 16.9. The molecule has 268 valence electrons. The lowest BCUT2D eigenvalue weighted by Gasteiger charge is -2.29. The number of nitrogens with one attached hydrogen (secondary N) is 3. The van der Waals surface area contributed by atoms with E-state index in [9.17, 15) is 32.3 Å². The van der Waals surface area contributed by atoms with E-state index in [-0.39, 0.29) is 29.5 Å². The predicted octanol–water partition coefficient (Wildman–Crippen LogP) is 6.76. The maximum absolute atomic E-state index is 13.7. The lowest BCUT2D eigenvalue weighted by molar-refractivity contribution is -0.137. The minimum Gasteiger partial charge on any atom is -0.372 e. The van der Waals surface area contributed by atoms with Crippen molar-refractivity contribution in [2.75, 3.05) is 29.9 Å². The minimum atomic E-state index is -4.50. The maximum atomic E-state index is 13.7. The van der Waals surface area contributed by atoms with Crippen LogP contribution >= 0.6 is 0 Å². The highest BCUT2D eigenvalue weighted by Crippen LogP contribution is 2.34. The van der Waals surface area contributed by atoms with Crippen molar-refractivity contribution in [3.63, 3.8) is 0 Å². The topological polar surface area (TPSA) is 124 Å². The number of pyridine rings is 1. The summed E-state index contributed by atoms with van der Waals surface area (Å²) in [6.45, 7) is 3.43. The molecule has 6 rings (SSSR count). The summed E-state index contributed by atoms with van der Waals surface area (Å²) in [6, 6.07) is 19.8. The van der Waals surface area contributed by atoms with Crippen molar-refractivity contribution in [2.24, 2.45) is 0 Å². The fraction of sp³-hybridized carbons (Fsp3) is 0.256. The number of carbonyl (C=O) groups excluding carboxylic acids is 4. The first kappa shape index (κ1) is 35.8. The zero-order valence-corrected chi connectivity index (χ0v) is 28.4. The van der Waals surface area contributed by atoms with Gasteiger partial charge in [-0.25, -0.2) is 0 Å². The van der Waals surface area contributed by atoms with Crippen LogP contribution in [0.15, 0.2) is 97.0 Å². The molecule has 0 atom stereocenters. The average molecular weight is 711 g/mol. The average Bonchev–Trinajstić information content (AvgIpc) is 3.61. The number of alkyl halides is 3. The normalized spacial score (nSPS) is 14.4. The molecule has 3 aromatic carbocycles. The molecule has 0 bridgehead atoms. The van der Waals surface area contributed by atoms with Gasteiger partial charge < -0.3 is 25.8 Å². The van der Waals surface area contributed by atoms with Gasteiger partial charge >= 0.3 is 6.18 Å². The standard InChI is InChI=1S/C39H37F3N6O4/c1-25(49)45-31-14-18-48(24-31)38(52)29-9-6-8-27(20-29)37(51)46-34-12-11-32(47-16-3-2-4-17-47)22-33(34)35-21-28(13-15-43-35)36(50)44-23-26-7-5-10-30(19-26)39(40,41)42/h5-13,15,19-22,24H,2-4,14,16-18,23H2,1H3,(H,44,50)(H,45,49)(H,46,51). The SMILES string of the molecule is CC(=O)NC1=CN(C(=O)c2cccc(C(=O)Nc3ccc(N4CCCCC4)cc3-c3cc(C(=O)NCc4cccc(C(F)(F)F)c4)ccn3)c2)CC1. The Hall–Kier alpha value is -5.98. The van der Waals surface area contributed by atoms with Gasteiger partial charge in [0, 0.05) is 85.6 Å². The molecule has 0 aliphatic carbocycles. The van der Waals surface area contributed by atoms with Crippen molar-refractivity contribution in [2.45, 2.75) is 45.3 Å². The van der Waals surface area contributed by atoms with E-state index in [1.165, 1.54) is 42.3 Å². The van der Waals surface area contributed by atoms with Gasteiger partial charge in [-0.2, -0.15) is 13.2 Å². The first-order chi connectivity index (χ1) is 24.9. The molecule has 1 saturated heterocycles. The van der Waals surface area contributed by atoms with Crippen LogP contribution in [0.4, 0.5) is 24.5 Å². The highest BCUT2D eigenvalue weighted by molar-refractivity contribution is 6.08. The second-order valence-electron chi connectivity index (χ2n) is 12.7. The van der Waals surface area contributed by atoms with Crippen LogP contribution in [0, 0.1) is 0 Å². The first-order valence-electron chi connectivity index (χ1n) is 16.9. The van der Waals surface area contributed by atoms with E-state index in [0.29, 0.717) is 46.7 Å². The molecule has 4 aromatic rings. The quantitative estimate of drug-likeness (QED) is 0.176. The lowest BCUT2D eigenvalue weighted by Crippen LogP contribution is -2.29. The zero-order chi connectivity index (χ0) is 36.8. The van der Waals surface area contributed by atoms with E-state index in [1.54, 1.807) is 36.5 Å². The predicted molar refractivity (Wildman–Crippen MR) is 190 cm³/mol. The molecule has 3 heterocycles. The van der Waals surface area contributed by atoms with Crippen LogP contribution in [-0.4, -0.2) is 53.1 Å². The minimum absolute atomic E-state index is 0.113. The van der Waals surface area contributed by atoms with Crippen molar-refractivity contribution in [3.05, 3.63) is 125 Å². The lowest BCUT2D eigenvalue weighted by atomic mass is 10.0. The Labute approximate surface area is 298 Å². The molecule has 2 aliphatic rings. The van der Waals surface area contributed by atoms with Gasteiger partial charge in [0.15, 0.2) is 0 Å². The van der Waals surface area contributed by atoms with Crippen molar-refractivity contribution in [1.29, 1.82) is 0 Å². The summed E-state index contributed by atoms with van der Waals surface area (Å²) in [5, 5.41) is 8.35. The van der Waals surface area contributed by atoms with E-state index in [2.05, 4.69) is 25.8 Å². The second kappa shape index (κ2) is 15.5. The molecule has 3 N–H and O–H groups in total. The Morgan fingerprint density at radius 3 is 2.31 bits per heavy atom. The second-order valence-corrected chi connectivity index (χ2v) is 12.7. The summed E-state index contributed by atoms with van der Waals surface area (Å²) in [7, 11) is 0. The third-order valence-electron chi connectivity index (χ3n) is 8.88. The molecular weight excluding hydrogens is 673 g/mol. The van der Waals surface area contributed by atoms with Crippen LogP contribution in [-0.2, 0) is 17.5 Å². The van der Waals surface area contributed by atoms with Crippen LogP contribution in [0.1, 0.15) is 74.8 Å². The number of halogens is 3. The van der Waals surface area contributed by atoms with Crippen molar-refractivity contribution >= 4 is 35.0 Å². The van der Waals surface area contributed by atoms with E-state index in [1.807, 2.05) is 12.1 Å². The number of benzene rings is 3. The molecule has 2 aliphatic heterocycles. The van der Waals surface area contributed by atoms with Gasteiger partial charge in [0.05, 0.1) is 16.9 Å². The van der Waals surface area contributed by atoms with Gasteiger partial charge in [0.25, 0.3) is 17.7 Å². The number of nitrogens with zero attached hydrogens (tertiary/aromatic N) is 3. The largest absolute Gasteiger partial charge is 0.416 e. The Morgan fingerprint density at radius 1 is 0.788 bits per heavy atom. The van der Waals surface area contributed by atoms with Gasteiger partial charge in [-0.15, -0.1) is 0 Å². The van der Waals surface area contributed by atoms with Gasteiger partial charge in [0.2, 0.25) is 5.91 Å². The number of hydrogen-bond acceptors (Lipinski definition) is 6. The molecule has 4 amide bonds. The molecule has 0 radical (unpaired) electrons. The third-order valence-corrected chi connectivity index (χ3v) is 8.88. The van der Waals surface area contributed by atoms with Crippen molar-refractivity contribution < 1.29 is 32.3 Å². The van der Waals surface area contributed by atoms with Crippen molar-refractivity contribution in [1.82, 2.24) is 20.5 Å². The van der Waals surface area contributed by atoms with E-state index < -0.39 is 23.6 Å². The molecule has 52 heavy (non-hydrogen) atoms. The number of hydrogen-bond donors (Lipinski definition) is 3. The van der Waals surface area contributed by atoms with Crippen LogP contribution in [0.25, 0.3) is 11.3 Å². The molecule has 1 fully saturated rings. The van der Waals surface area contributed by atoms with Crippen LogP contribution in [0.2, 0.25) is 0 Å². The Bertz CT molecular complexity index is 2040. The summed E-state index contributed by atoms with van der Waals surface area (Å²) in [4.78, 5) is 59.8. The van der Waals surface area contributed by atoms with Crippen LogP contribution < -0.4 is 20.9 Å². The summed E-state index contributed by atoms with van der Waals surface area (Å²) < 4.78 is 39.6. The van der Waals surface area contributed by atoms with Crippen LogP contribution in [0.5, 0.6) is 0 Å². The van der Waals surface area contributed by atoms with Crippen molar-refractivity contribution in [3.8, 4) is 11.3 Å². The molecule has 0 saturated carbocycles. The molecule has 0 spiro atoms. The summed E-state index contributed by atoms with van der Waals surface area (Å²) in [6.07, 6.45) is 2.31. The third kappa shape index (κ3) is 8.66. The Morgan fingerprint density at radius 2 is 1.54 bits per heavy atom. The molecule has 1 aromatic heterocycles. The molecule has 13 heteroatoms. The molecule has 0 unspecified atom stereocenters. The number of carbonyl (C=O) groups is 4. The number of anilines is 2. The Kier molecular flexibility index (Phi) is 10.7. The zero-order valence-electron chi connectivity index (χ0n) is 28.4. The highest BCUT2D eigenvalue weighted by atomic mass is 19.4. The fourth-order valence-corrected chi connectivity index (χ4v) is 6.26. The van der Waals surface area contributed by atoms with Gasteiger partial charge in [-0.3, -0.25) is 24.2 Å². The van der Waals surface area contributed by atoms with Gasteiger partial charge in [-0.1, -0.05) is 18.2 Å². The van der Waals surface area contributed by atoms with E-state index in [0.717, 1.165) is 50.2 Å². The highest BCUT2D eigenvalue weighted by Gasteiger charge is 2.30. The summed E-state index contributed by atoms with van der Waals surface area (Å²) in [5.74, 6) is -1.50. The summed E-state index contributed by atoms with van der Waals surface area (Å²) >= 11 is 0. The monoisotopic (exact) mass is 710 g/mol.